The van der Waals surface area contributed by atoms with Crippen LogP contribution >= 0.6 is 11.8 Å². The van der Waals surface area contributed by atoms with E-state index in [1.807, 2.05) is 48.2 Å². The average molecular weight is 370 g/mol. The van der Waals surface area contributed by atoms with Crippen molar-refractivity contribution in [2.24, 2.45) is 0 Å². The number of benzene rings is 2. The highest BCUT2D eigenvalue weighted by Gasteiger charge is 2.34. The Hall–Kier alpha value is -2.31. The van der Waals surface area contributed by atoms with Gasteiger partial charge in [-0.05, 0) is 54.8 Å². The van der Waals surface area contributed by atoms with E-state index in [1.54, 1.807) is 11.8 Å². The second-order valence-corrected chi connectivity index (χ2v) is 7.37. The van der Waals surface area contributed by atoms with E-state index in [4.69, 9.17) is 4.74 Å². The van der Waals surface area contributed by atoms with Crippen LogP contribution in [0.2, 0.25) is 0 Å². The van der Waals surface area contributed by atoms with Gasteiger partial charge >= 0.3 is 0 Å². The fraction of sp³-hybridized carbons (Fsp3) is 0.300. The lowest BCUT2D eigenvalue weighted by Gasteiger charge is -2.25. The molecule has 26 heavy (non-hydrogen) atoms. The summed E-state index contributed by atoms with van der Waals surface area (Å²) in [7, 11) is 1.48. The van der Waals surface area contributed by atoms with Crippen LogP contribution in [0.5, 0.6) is 0 Å². The molecule has 0 unspecified atom stereocenters. The number of nitrogens with one attached hydrogen (secondary N) is 1. The first-order valence-electron chi connectivity index (χ1n) is 8.39. The molecule has 0 aromatic heterocycles. The summed E-state index contributed by atoms with van der Waals surface area (Å²) in [6.07, 6.45) is 0. The van der Waals surface area contributed by atoms with Crippen molar-refractivity contribution in [1.29, 1.82) is 0 Å². The van der Waals surface area contributed by atoms with Crippen LogP contribution in [-0.2, 0) is 14.3 Å². The number of carbonyl (C=O) groups is 2. The summed E-state index contributed by atoms with van der Waals surface area (Å²) < 4.78 is 4.85. The Balaban J connectivity index is 1.88. The first kappa shape index (κ1) is 18.5. The van der Waals surface area contributed by atoms with Gasteiger partial charge in [0, 0.05) is 18.5 Å². The van der Waals surface area contributed by atoms with Crippen LogP contribution in [0.1, 0.15) is 22.1 Å². The van der Waals surface area contributed by atoms with Gasteiger partial charge in [0.25, 0.3) is 0 Å². The maximum absolute atomic E-state index is 12.5. The van der Waals surface area contributed by atoms with Crippen molar-refractivity contribution in [2.75, 3.05) is 29.7 Å². The van der Waals surface area contributed by atoms with Crippen LogP contribution in [0.4, 0.5) is 11.4 Å². The number of rotatable bonds is 5. The Labute approximate surface area is 157 Å². The molecule has 2 aromatic carbocycles. The van der Waals surface area contributed by atoms with Crippen molar-refractivity contribution < 1.29 is 14.3 Å². The fourth-order valence-electron chi connectivity index (χ4n) is 2.92. The third-order valence-electron chi connectivity index (χ3n) is 4.37. The summed E-state index contributed by atoms with van der Waals surface area (Å²) in [5.74, 6) is 0.334. The summed E-state index contributed by atoms with van der Waals surface area (Å²) in [6.45, 7) is 4.12. The lowest BCUT2D eigenvalue weighted by molar-refractivity contribution is -0.119. The summed E-state index contributed by atoms with van der Waals surface area (Å²) in [6, 6.07) is 13.7. The van der Waals surface area contributed by atoms with Crippen LogP contribution in [0.15, 0.2) is 42.5 Å². The minimum atomic E-state index is -0.203. The lowest BCUT2D eigenvalue weighted by atomic mass is 10.1. The highest BCUT2D eigenvalue weighted by atomic mass is 32.2. The summed E-state index contributed by atoms with van der Waals surface area (Å²) >= 11 is 1.59. The zero-order chi connectivity index (χ0) is 18.7. The molecule has 2 aromatic rings. The highest BCUT2D eigenvalue weighted by Crippen LogP contribution is 2.42. The second kappa shape index (κ2) is 7.93. The predicted molar refractivity (Wildman–Crippen MR) is 106 cm³/mol. The Kier molecular flexibility index (Phi) is 5.64. The number of ether oxygens (including phenoxy) is 1. The van der Waals surface area contributed by atoms with Gasteiger partial charge in [0.1, 0.15) is 12.0 Å². The normalized spacial score (nSPS) is 16.8. The molecule has 1 aliphatic heterocycles. The monoisotopic (exact) mass is 370 g/mol. The summed E-state index contributed by atoms with van der Waals surface area (Å²) in [5, 5.41) is 2.70. The number of thioether (sulfide) groups is 1. The van der Waals surface area contributed by atoms with Crippen LogP contribution in [0.25, 0.3) is 0 Å². The zero-order valence-electron chi connectivity index (χ0n) is 15.1. The third kappa shape index (κ3) is 3.92. The van der Waals surface area contributed by atoms with E-state index < -0.39 is 0 Å². The molecule has 0 aliphatic carbocycles. The number of methoxy groups -OCH3 is 1. The van der Waals surface area contributed by atoms with Gasteiger partial charge in [-0.15, -0.1) is 11.8 Å². The molecule has 1 N–H and O–H groups in total. The molecule has 2 amide bonds. The van der Waals surface area contributed by atoms with Gasteiger partial charge in [-0.25, -0.2) is 0 Å². The van der Waals surface area contributed by atoms with E-state index in [0.29, 0.717) is 11.4 Å². The van der Waals surface area contributed by atoms with Gasteiger partial charge < -0.3 is 10.1 Å². The van der Waals surface area contributed by atoms with E-state index in [0.717, 1.165) is 16.8 Å². The quantitative estimate of drug-likeness (QED) is 0.872. The molecule has 136 valence electrons. The Morgan fingerprint density at radius 2 is 2.04 bits per heavy atom. The third-order valence-corrected chi connectivity index (χ3v) is 5.58. The molecule has 1 fully saturated rings. The van der Waals surface area contributed by atoms with Crippen molar-refractivity contribution in [3.8, 4) is 0 Å². The van der Waals surface area contributed by atoms with Crippen molar-refractivity contribution in [3.63, 3.8) is 0 Å². The largest absolute Gasteiger partial charge is 0.375 e. The van der Waals surface area contributed by atoms with Crippen molar-refractivity contribution >= 4 is 35.0 Å². The Morgan fingerprint density at radius 1 is 1.23 bits per heavy atom. The molecule has 0 spiro atoms. The van der Waals surface area contributed by atoms with Crippen LogP contribution in [-0.4, -0.2) is 31.3 Å². The molecule has 0 radical (unpaired) electrons. The SMILES string of the molecule is COCC(=O)Nc1cccc([C@H]2SCC(=O)N2c2ccc(C)c(C)c2)c1. The molecule has 0 saturated carbocycles. The topological polar surface area (TPSA) is 58.6 Å². The number of carbonyl (C=O) groups excluding carboxylic acids is 2. The average Bonchev–Trinajstić information content (AvgIpc) is 2.99. The smallest absolute Gasteiger partial charge is 0.250 e. The van der Waals surface area contributed by atoms with Crippen molar-refractivity contribution in [3.05, 3.63) is 59.2 Å². The standard InChI is InChI=1S/C20H22N2O3S/c1-13-7-8-17(9-14(13)2)22-19(24)12-26-20(22)15-5-4-6-16(10-15)21-18(23)11-25-3/h4-10,20H,11-12H2,1-3H3,(H,21,23)/t20-/m1/s1. The molecular weight excluding hydrogens is 348 g/mol. The van der Waals surface area contributed by atoms with E-state index in [2.05, 4.69) is 18.3 Å². The molecule has 1 heterocycles. The predicted octanol–water partition coefficient (Wildman–Crippen LogP) is 3.67. The summed E-state index contributed by atoms with van der Waals surface area (Å²) in [4.78, 5) is 26.1. The van der Waals surface area contributed by atoms with E-state index in [1.165, 1.54) is 12.7 Å². The lowest BCUT2D eigenvalue weighted by Crippen LogP contribution is -2.28. The molecule has 1 aliphatic rings. The Morgan fingerprint density at radius 3 is 2.77 bits per heavy atom. The number of hydrogen-bond acceptors (Lipinski definition) is 4. The fourth-order valence-corrected chi connectivity index (χ4v) is 4.09. The van der Waals surface area contributed by atoms with E-state index >= 15 is 0 Å². The van der Waals surface area contributed by atoms with Gasteiger partial charge in [0.2, 0.25) is 11.8 Å². The molecule has 0 bridgehead atoms. The zero-order valence-corrected chi connectivity index (χ0v) is 15.9. The number of hydrogen-bond donors (Lipinski definition) is 1. The van der Waals surface area contributed by atoms with Crippen molar-refractivity contribution in [1.82, 2.24) is 0 Å². The van der Waals surface area contributed by atoms with Crippen LogP contribution in [0.3, 0.4) is 0 Å². The van der Waals surface area contributed by atoms with E-state index in [9.17, 15) is 9.59 Å². The van der Waals surface area contributed by atoms with Gasteiger partial charge in [-0.3, -0.25) is 14.5 Å². The Bertz CT molecular complexity index is 838. The minimum absolute atomic E-state index is 0.00958. The molecule has 3 rings (SSSR count). The maximum atomic E-state index is 12.5. The molecule has 5 nitrogen and oxygen atoms in total. The first-order valence-corrected chi connectivity index (χ1v) is 9.44. The summed E-state index contributed by atoms with van der Waals surface area (Å²) in [5.41, 5.74) is 4.94. The maximum Gasteiger partial charge on any atom is 0.250 e. The van der Waals surface area contributed by atoms with E-state index in [-0.39, 0.29) is 23.8 Å². The number of aryl methyl sites for hydroxylation is 2. The van der Waals surface area contributed by atoms with Gasteiger partial charge in [0.15, 0.2) is 0 Å². The van der Waals surface area contributed by atoms with Crippen LogP contribution < -0.4 is 10.2 Å². The van der Waals surface area contributed by atoms with Crippen LogP contribution in [0, 0.1) is 13.8 Å². The number of anilines is 2. The first-order chi connectivity index (χ1) is 12.5. The number of nitrogens with zero attached hydrogens (tertiary/aromatic N) is 1. The second-order valence-electron chi connectivity index (χ2n) is 6.30. The minimum Gasteiger partial charge on any atom is -0.375 e. The molecular formula is C20H22N2O3S. The van der Waals surface area contributed by atoms with Gasteiger partial charge in [0.05, 0.1) is 5.75 Å². The molecule has 1 saturated heterocycles. The molecule has 6 heteroatoms. The van der Waals surface area contributed by atoms with Gasteiger partial charge in [-0.2, -0.15) is 0 Å². The number of amides is 2. The molecule has 1 atom stereocenters. The van der Waals surface area contributed by atoms with Crippen molar-refractivity contribution in [2.45, 2.75) is 19.2 Å². The highest BCUT2D eigenvalue weighted by molar-refractivity contribution is 8.00. The van der Waals surface area contributed by atoms with Gasteiger partial charge in [-0.1, -0.05) is 18.2 Å².